The smallest absolute Gasteiger partial charge is 0.273 e. The van der Waals surface area contributed by atoms with Crippen LogP contribution in [0.4, 0.5) is 5.82 Å². The summed E-state index contributed by atoms with van der Waals surface area (Å²) in [6.45, 7) is 1.27. The number of amides is 1. The molecule has 1 fully saturated rings. The van der Waals surface area contributed by atoms with Crippen LogP contribution in [0.15, 0.2) is 66.9 Å². The Hall–Kier alpha value is -3.84. The van der Waals surface area contributed by atoms with Gasteiger partial charge in [0.15, 0.2) is 11.5 Å². The molecule has 32 heavy (non-hydrogen) atoms. The second kappa shape index (κ2) is 8.72. The molecule has 0 radical (unpaired) electrons. The number of fused-ring (bicyclic) bond motifs is 1. The van der Waals surface area contributed by atoms with E-state index in [0.29, 0.717) is 24.6 Å². The molecule has 160 valence electrons. The molecule has 2 aromatic carbocycles. The molecule has 7 heteroatoms. The lowest BCUT2D eigenvalue weighted by atomic mass is 10.0. The molecule has 7 nitrogen and oxygen atoms in total. The van der Waals surface area contributed by atoms with Crippen LogP contribution in [0.5, 0.6) is 0 Å². The number of carbonyl (C=O) groups excluding carboxylic acids is 1. The number of nitrogen functional groups attached to an aromatic ring is 1. The third-order valence-corrected chi connectivity index (χ3v) is 5.62. The van der Waals surface area contributed by atoms with Gasteiger partial charge in [0.2, 0.25) is 0 Å². The Morgan fingerprint density at radius 3 is 2.53 bits per heavy atom. The molecule has 1 aliphatic rings. The fraction of sp³-hybridized carbons (Fsp3) is 0.200. The van der Waals surface area contributed by atoms with Crippen molar-refractivity contribution in [3.05, 3.63) is 72.6 Å². The van der Waals surface area contributed by atoms with Crippen LogP contribution in [0, 0.1) is 0 Å². The Labute approximate surface area is 185 Å². The molecular formula is C25H23N5O2. The predicted molar refractivity (Wildman–Crippen MR) is 124 cm³/mol. The summed E-state index contributed by atoms with van der Waals surface area (Å²) in [5.74, 6) is -0.204. The average molecular weight is 425 g/mol. The van der Waals surface area contributed by atoms with Crippen LogP contribution in [0.1, 0.15) is 23.3 Å². The first-order valence-electron chi connectivity index (χ1n) is 10.7. The lowest BCUT2D eigenvalue weighted by Crippen LogP contribution is -2.39. The van der Waals surface area contributed by atoms with Crippen molar-refractivity contribution in [2.45, 2.75) is 18.9 Å². The molecule has 1 aliphatic heterocycles. The molecule has 3 N–H and O–H groups in total. The topological polar surface area (TPSA) is 103 Å². The van der Waals surface area contributed by atoms with E-state index in [1.165, 1.54) is 0 Å². The zero-order valence-corrected chi connectivity index (χ0v) is 17.5. The largest absolute Gasteiger partial charge is 0.382 e. The van der Waals surface area contributed by atoms with Gasteiger partial charge in [-0.3, -0.25) is 9.78 Å². The fourth-order valence-electron chi connectivity index (χ4n) is 3.93. The van der Waals surface area contributed by atoms with Gasteiger partial charge in [-0.25, -0.2) is 9.97 Å². The van der Waals surface area contributed by atoms with E-state index in [1.807, 2.05) is 60.7 Å². The first-order chi connectivity index (χ1) is 15.7. The summed E-state index contributed by atoms with van der Waals surface area (Å²) in [4.78, 5) is 26.8. The monoisotopic (exact) mass is 425 g/mol. The number of nitrogens with one attached hydrogen (secondary N) is 1. The Morgan fingerprint density at radius 1 is 0.938 bits per heavy atom. The highest BCUT2D eigenvalue weighted by molar-refractivity contribution is 5.98. The fourth-order valence-corrected chi connectivity index (χ4v) is 3.93. The van der Waals surface area contributed by atoms with Crippen LogP contribution in [0.25, 0.3) is 33.4 Å². The SMILES string of the molecule is Nc1nc(-c2ccccc2)c(-c2ccc3ncccc3c2)nc1C(=O)NC1CCOCC1. The van der Waals surface area contributed by atoms with E-state index in [2.05, 4.69) is 15.3 Å². The average Bonchev–Trinajstić information content (AvgIpc) is 2.84. The maximum atomic E-state index is 13.0. The maximum absolute atomic E-state index is 13.0. The van der Waals surface area contributed by atoms with Crippen molar-refractivity contribution < 1.29 is 9.53 Å². The molecular weight excluding hydrogens is 402 g/mol. The molecule has 0 unspecified atom stereocenters. The minimum absolute atomic E-state index is 0.0430. The van der Waals surface area contributed by atoms with E-state index in [4.69, 9.17) is 15.5 Å². The summed E-state index contributed by atoms with van der Waals surface area (Å²) >= 11 is 0. The lowest BCUT2D eigenvalue weighted by molar-refractivity contribution is 0.0694. The second-order valence-electron chi connectivity index (χ2n) is 7.79. The van der Waals surface area contributed by atoms with Gasteiger partial charge in [-0.15, -0.1) is 0 Å². The molecule has 5 rings (SSSR count). The summed E-state index contributed by atoms with van der Waals surface area (Å²) in [6, 6.07) is 19.6. The van der Waals surface area contributed by atoms with Gasteiger partial charge in [-0.2, -0.15) is 0 Å². The number of nitrogens with two attached hydrogens (primary N) is 1. The lowest BCUT2D eigenvalue weighted by Gasteiger charge is -2.23. The standard InChI is InChI=1S/C25H23N5O2/c26-24-23(25(31)28-19-10-13-32-14-11-19)29-22(21(30-24)16-5-2-1-3-6-16)18-8-9-20-17(15-18)7-4-12-27-20/h1-9,12,15,19H,10-11,13-14H2,(H2,26,30)(H,28,31). The molecule has 4 aromatic rings. The minimum Gasteiger partial charge on any atom is -0.382 e. The predicted octanol–water partition coefficient (Wildman–Crippen LogP) is 3.85. The summed E-state index contributed by atoms with van der Waals surface area (Å²) in [6.07, 6.45) is 3.30. The highest BCUT2D eigenvalue weighted by Crippen LogP contribution is 2.32. The Balaban J connectivity index is 1.61. The van der Waals surface area contributed by atoms with Gasteiger partial charge in [0.05, 0.1) is 16.9 Å². The Bertz CT molecular complexity index is 1270. The van der Waals surface area contributed by atoms with Crippen LogP contribution in [-0.4, -0.2) is 40.1 Å². The van der Waals surface area contributed by atoms with Gasteiger partial charge < -0.3 is 15.8 Å². The van der Waals surface area contributed by atoms with Crippen molar-refractivity contribution in [3.63, 3.8) is 0 Å². The van der Waals surface area contributed by atoms with Crippen molar-refractivity contribution >= 4 is 22.6 Å². The quantitative estimate of drug-likeness (QED) is 0.515. The molecule has 0 spiro atoms. The third kappa shape index (κ3) is 4.02. The van der Waals surface area contributed by atoms with Crippen molar-refractivity contribution in [3.8, 4) is 22.5 Å². The number of anilines is 1. The van der Waals surface area contributed by atoms with Gasteiger partial charge in [0.1, 0.15) is 0 Å². The van der Waals surface area contributed by atoms with E-state index < -0.39 is 0 Å². The number of pyridine rings is 1. The number of nitrogens with zero attached hydrogens (tertiary/aromatic N) is 3. The minimum atomic E-state index is -0.315. The number of aromatic nitrogens is 3. The van der Waals surface area contributed by atoms with Gasteiger partial charge in [-0.1, -0.05) is 42.5 Å². The van der Waals surface area contributed by atoms with E-state index in [0.717, 1.165) is 34.9 Å². The Morgan fingerprint density at radius 2 is 1.72 bits per heavy atom. The number of carbonyl (C=O) groups is 1. The summed E-state index contributed by atoms with van der Waals surface area (Å²) in [7, 11) is 0. The molecule has 0 bridgehead atoms. The zero-order valence-electron chi connectivity index (χ0n) is 17.5. The van der Waals surface area contributed by atoms with Crippen molar-refractivity contribution in [1.82, 2.24) is 20.3 Å². The highest BCUT2D eigenvalue weighted by atomic mass is 16.5. The number of benzene rings is 2. The summed E-state index contributed by atoms with van der Waals surface area (Å²) < 4.78 is 5.38. The van der Waals surface area contributed by atoms with Crippen LogP contribution < -0.4 is 11.1 Å². The van der Waals surface area contributed by atoms with Gasteiger partial charge in [-0.05, 0) is 31.0 Å². The van der Waals surface area contributed by atoms with Gasteiger partial charge >= 0.3 is 0 Å². The first kappa shape index (κ1) is 20.1. The molecule has 0 aliphatic carbocycles. The van der Waals surface area contributed by atoms with Crippen molar-refractivity contribution in [1.29, 1.82) is 0 Å². The third-order valence-electron chi connectivity index (χ3n) is 5.62. The van der Waals surface area contributed by atoms with Crippen LogP contribution in [-0.2, 0) is 4.74 Å². The zero-order chi connectivity index (χ0) is 21.9. The molecule has 1 saturated heterocycles. The maximum Gasteiger partial charge on any atom is 0.273 e. The van der Waals surface area contributed by atoms with Crippen LogP contribution in [0.2, 0.25) is 0 Å². The van der Waals surface area contributed by atoms with E-state index in [9.17, 15) is 4.79 Å². The van der Waals surface area contributed by atoms with E-state index in [1.54, 1.807) is 6.20 Å². The molecule has 0 saturated carbocycles. The number of ether oxygens (including phenoxy) is 1. The van der Waals surface area contributed by atoms with E-state index >= 15 is 0 Å². The van der Waals surface area contributed by atoms with E-state index in [-0.39, 0.29) is 23.5 Å². The molecule has 0 atom stereocenters. The summed E-state index contributed by atoms with van der Waals surface area (Å²) in [5.41, 5.74) is 10.2. The number of rotatable bonds is 4. The number of hydrogen-bond acceptors (Lipinski definition) is 6. The second-order valence-corrected chi connectivity index (χ2v) is 7.79. The van der Waals surface area contributed by atoms with Gasteiger partial charge in [0.25, 0.3) is 5.91 Å². The summed E-state index contributed by atoms with van der Waals surface area (Å²) in [5, 5.41) is 4.01. The normalized spacial score (nSPS) is 14.4. The number of hydrogen-bond donors (Lipinski definition) is 2. The van der Waals surface area contributed by atoms with Crippen LogP contribution in [0.3, 0.4) is 0 Å². The van der Waals surface area contributed by atoms with Gasteiger partial charge in [0, 0.05) is 42.0 Å². The molecule has 1 amide bonds. The van der Waals surface area contributed by atoms with Crippen LogP contribution >= 0.6 is 0 Å². The molecule has 3 heterocycles. The first-order valence-corrected chi connectivity index (χ1v) is 10.7. The molecule has 2 aromatic heterocycles. The van der Waals surface area contributed by atoms with Crippen molar-refractivity contribution in [2.24, 2.45) is 0 Å². The Kier molecular flexibility index (Phi) is 5.47. The highest BCUT2D eigenvalue weighted by Gasteiger charge is 2.23. The van der Waals surface area contributed by atoms with Crippen molar-refractivity contribution in [2.75, 3.05) is 18.9 Å².